The minimum atomic E-state index is -0.0707. The summed E-state index contributed by atoms with van der Waals surface area (Å²) in [6.07, 6.45) is 6.67. The van der Waals surface area contributed by atoms with E-state index in [2.05, 4.69) is 26.9 Å². The van der Waals surface area contributed by atoms with Crippen molar-refractivity contribution >= 4 is 28.1 Å². The Kier molecular flexibility index (Phi) is 4.39. The molecule has 0 saturated carbocycles. The van der Waals surface area contributed by atoms with Crippen molar-refractivity contribution < 1.29 is 9.50 Å². The van der Waals surface area contributed by atoms with Crippen LogP contribution in [0.3, 0.4) is 0 Å². The van der Waals surface area contributed by atoms with Gasteiger partial charge in [-0.05, 0) is 24.5 Å². The second-order valence-corrected chi connectivity index (χ2v) is 7.76. The second-order valence-electron chi connectivity index (χ2n) is 6.89. The Bertz CT molecular complexity index is 955. The van der Waals surface area contributed by atoms with Crippen LogP contribution in [-0.2, 0) is 6.54 Å². The lowest BCUT2D eigenvalue weighted by Gasteiger charge is -2.17. The third kappa shape index (κ3) is 2.97. The molecule has 9 heteroatoms. The predicted octanol–water partition coefficient (Wildman–Crippen LogP) is 2.88. The lowest BCUT2D eigenvalue weighted by Crippen LogP contribution is -2.23. The maximum Gasteiger partial charge on any atom is 0.280 e. The molecule has 140 valence electrons. The van der Waals surface area contributed by atoms with E-state index in [4.69, 9.17) is 0 Å². The van der Waals surface area contributed by atoms with Gasteiger partial charge < -0.3 is 4.90 Å². The quantitative estimate of drug-likeness (QED) is 0.692. The van der Waals surface area contributed by atoms with Crippen molar-refractivity contribution in [1.82, 2.24) is 19.7 Å². The summed E-state index contributed by atoms with van der Waals surface area (Å²) in [5.74, 6) is 1.65. The van der Waals surface area contributed by atoms with Gasteiger partial charge in [0.1, 0.15) is 10.8 Å². The fraction of sp³-hybridized carbons (Fsp3) is 0.333. The molecule has 0 radical (unpaired) electrons. The Hall–Kier alpha value is -2.81. The third-order valence-corrected chi connectivity index (χ3v) is 5.79. The van der Waals surface area contributed by atoms with Gasteiger partial charge in [0, 0.05) is 24.8 Å². The largest absolute Gasteiger partial charge is 0.356 e. The lowest BCUT2D eigenvalue weighted by molar-refractivity contribution is 0.0992. The zero-order valence-electron chi connectivity index (χ0n) is 14.8. The van der Waals surface area contributed by atoms with Gasteiger partial charge in [0.25, 0.3) is 5.91 Å². The molecule has 1 amide bonds. The second kappa shape index (κ2) is 6.73. The Morgan fingerprint density at radius 3 is 2.78 bits per heavy atom. The molecule has 3 aromatic heterocycles. The molecule has 0 aliphatic carbocycles. The van der Waals surface area contributed by atoms with E-state index in [9.17, 15) is 4.79 Å². The summed E-state index contributed by atoms with van der Waals surface area (Å²) in [5, 5.41) is 5.35. The van der Waals surface area contributed by atoms with Crippen LogP contribution in [0.5, 0.6) is 0 Å². The molecule has 2 aliphatic heterocycles. The third-order valence-electron chi connectivity index (χ3n) is 5.00. The van der Waals surface area contributed by atoms with Crippen molar-refractivity contribution in [2.45, 2.75) is 19.9 Å². The van der Waals surface area contributed by atoms with E-state index in [1.807, 2.05) is 24.5 Å². The standard InChI is InChI=1S/C18H18N6OS.FH/c1-12-4-5-22(8-12)15-3-2-14(6-20-15)24-10-13-9-23(16-7-19-11-26-16)18(25)17(13)21-24;/h2-3,6-7,10-12H,4-5,8-9H2,1H3;1H/t12-;/m0./s1. The minimum absolute atomic E-state index is 0. The van der Waals surface area contributed by atoms with E-state index in [1.165, 1.54) is 17.8 Å². The van der Waals surface area contributed by atoms with Crippen molar-refractivity contribution in [1.29, 1.82) is 0 Å². The zero-order chi connectivity index (χ0) is 17.7. The fourth-order valence-corrected chi connectivity index (χ4v) is 4.20. The maximum absolute atomic E-state index is 12.6. The maximum atomic E-state index is 12.6. The number of fused-ring (bicyclic) bond motifs is 1. The number of thiazole rings is 1. The number of pyridine rings is 1. The first-order chi connectivity index (χ1) is 12.7. The summed E-state index contributed by atoms with van der Waals surface area (Å²) >= 11 is 1.46. The molecule has 7 nitrogen and oxygen atoms in total. The van der Waals surface area contributed by atoms with Crippen molar-refractivity contribution in [2.75, 3.05) is 22.9 Å². The van der Waals surface area contributed by atoms with Crippen molar-refractivity contribution in [3.05, 3.63) is 47.5 Å². The number of amides is 1. The molecule has 2 aliphatic rings. The summed E-state index contributed by atoms with van der Waals surface area (Å²) in [5.41, 5.74) is 4.04. The number of hydrogen-bond acceptors (Lipinski definition) is 6. The molecular formula is C18H19FN6OS. The van der Waals surface area contributed by atoms with Crippen LogP contribution < -0.4 is 9.80 Å². The Morgan fingerprint density at radius 1 is 1.26 bits per heavy atom. The van der Waals surface area contributed by atoms with Crippen molar-refractivity contribution in [3.8, 4) is 5.69 Å². The van der Waals surface area contributed by atoms with E-state index in [0.29, 0.717) is 12.2 Å². The van der Waals surface area contributed by atoms with Crippen LogP contribution in [0.2, 0.25) is 0 Å². The average Bonchev–Trinajstić information content (AvgIpc) is 3.41. The van der Waals surface area contributed by atoms with Gasteiger partial charge in [-0.3, -0.25) is 19.4 Å². The summed E-state index contributed by atoms with van der Waals surface area (Å²) in [6.45, 7) is 4.93. The topological polar surface area (TPSA) is 67.2 Å². The molecule has 0 aromatic carbocycles. The van der Waals surface area contributed by atoms with Gasteiger partial charge >= 0.3 is 0 Å². The molecule has 1 saturated heterocycles. The highest BCUT2D eigenvalue weighted by Crippen LogP contribution is 2.30. The molecule has 5 rings (SSSR count). The molecule has 27 heavy (non-hydrogen) atoms. The van der Waals surface area contributed by atoms with Gasteiger partial charge in [0.05, 0.1) is 30.1 Å². The molecule has 3 aromatic rings. The Morgan fingerprint density at radius 2 is 2.15 bits per heavy atom. The Labute approximate surface area is 159 Å². The molecule has 1 atom stereocenters. The van der Waals surface area contributed by atoms with E-state index in [1.54, 1.807) is 21.3 Å². The molecule has 1 fully saturated rings. The number of anilines is 2. The van der Waals surface area contributed by atoms with Crippen LogP contribution >= 0.6 is 11.3 Å². The summed E-state index contributed by atoms with van der Waals surface area (Å²) in [6, 6.07) is 4.05. The summed E-state index contributed by atoms with van der Waals surface area (Å²) in [4.78, 5) is 25.3. The van der Waals surface area contributed by atoms with Crippen LogP contribution in [0.1, 0.15) is 29.4 Å². The highest BCUT2D eigenvalue weighted by Gasteiger charge is 2.33. The van der Waals surface area contributed by atoms with Crippen LogP contribution in [0, 0.1) is 5.92 Å². The highest BCUT2D eigenvalue weighted by molar-refractivity contribution is 7.14. The van der Waals surface area contributed by atoms with Gasteiger partial charge in [0.2, 0.25) is 0 Å². The number of hydrogen-bond donors (Lipinski definition) is 0. The van der Waals surface area contributed by atoms with E-state index in [-0.39, 0.29) is 10.6 Å². The number of halogens is 1. The van der Waals surface area contributed by atoms with Crippen molar-refractivity contribution in [2.24, 2.45) is 5.92 Å². The van der Waals surface area contributed by atoms with Crippen LogP contribution in [0.15, 0.2) is 36.2 Å². The molecular weight excluding hydrogens is 367 g/mol. The SMILES string of the molecule is C[C@H]1CCN(c2ccc(-n3cc4c(n3)C(=O)N(c3cncs3)C4)cn2)C1.F. The first kappa shape index (κ1) is 17.6. The van der Waals surface area contributed by atoms with Gasteiger partial charge in [-0.25, -0.2) is 9.67 Å². The van der Waals surface area contributed by atoms with Crippen LogP contribution in [0.4, 0.5) is 15.5 Å². The Balaban J connectivity index is 0.00000180. The number of carbonyl (C=O) groups excluding carboxylic acids is 1. The van der Waals surface area contributed by atoms with Gasteiger partial charge in [-0.2, -0.15) is 5.10 Å². The van der Waals surface area contributed by atoms with Crippen LogP contribution in [-0.4, -0.2) is 38.7 Å². The van der Waals surface area contributed by atoms with Gasteiger partial charge in [-0.15, -0.1) is 11.3 Å². The highest BCUT2D eigenvalue weighted by atomic mass is 32.1. The van der Waals surface area contributed by atoms with Gasteiger partial charge in [-0.1, -0.05) is 6.92 Å². The van der Waals surface area contributed by atoms with Crippen molar-refractivity contribution in [3.63, 3.8) is 0 Å². The summed E-state index contributed by atoms with van der Waals surface area (Å²) in [7, 11) is 0. The van der Waals surface area contributed by atoms with E-state index >= 15 is 0 Å². The number of carbonyl (C=O) groups is 1. The molecule has 0 bridgehead atoms. The van der Waals surface area contributed by atoms with Crippen LogP contribution in [0.25, 0.3) is 5.69 Å². The summed E-state index contributed by atoms with van der Waals surface area (Å²) < 4.78 is 1.75. The predicted molar refractivity (Wildman–Crippen MR) is 102 cm³/mol. The lowest BCUT2D eigenvalue weighted by atomic mass is 10.2. The molecule has 0 N–H and O–H groups in total. The number of rotatable bonds is 3. The monoisotopic (exact) mass is 386 g/mol. The number of aromatic nitrogens is 4. The first-order valence-electron chi connectivity index (χ1n) is 8.69. The fourth-order valence-electron chi connectivity index (χ4n) is 3.57. The number of nitrogens with zero attached hydrogens (tertiary/aromatic N) is 6. The van der Waals surface area contributed by atoms with E-state index < -0.39 is 0 Å². The smallest absolute Gasteiger partial charge is 0.280 e. The van der Waals surface area contributed by atoms with Gasteiger partial charge in [0.15, 0.2) is 5.69 Å². The zero-order valence-corrected chi connectivity index (χ0v) is 15.6. The first-order valence-corrected chi connectivity index (χ1v) is 9.57. The minimum Gasteiger partial charge on any atom is -0.356 e. The van der Waals surface area contributed by atoms with E-state index in [0.717, 1.165) is 41.1 Å². The molecule has 0 spiro atoms. The molecule has 0 unspecified atom stereocenters. The normalized spacial score (nSPS) is 18.7. The average molecular weight is 386 g/mol. The molecule has 5 heterocycles.